The van der Waals surface area contributed by atoms with Crippen LogP contribution in [0.2, 0.25) is 0 Å². The highest BCUT2D eigenvalue weighted by atomic mass is 19.2. The molecule has 0 bridgehead atoms. The molecule has 2 aromatic carbocycles. The number of hydrogen-bond donors (Lipinski definition) is 1. The Hall–Kier alpha value is -1.94. The predicted molar refractivity (Wildman–Crippen MR) is 65.5 cm³/mol. The average molecular weight is 249 g/mol. The maximum atomic E-state index is 13.4. The van der Waals surface area contributed by atoms with Gasteiger partial charge in [0.25, 0.3) is 0 Å². The van der Waals surface area contributed by atoms with Gasteiger partial charge in [0.15, 0.2) is 11.6 Å². The van der Waals surface area contributed by atoms with Crippen LogP contribution in [0.5, 0.6) is 11.5 Å². The van der Waals surface area contributed by atoms with Crippen molar-refractivity contribution in [1.29, 1.82) is 0 Å². The molecular formula is C14H13F2NO. The van der Waals surface area contributed by atoms with Crippen LogP contribution in [0, 0.1) is 11.6 Å². The van der Waals surface area contributed by atoms with E-state index < -0.39 is 11.6 Å². The minimum atomic E-state index is -0.992. The molecular weight excluding hydrogens is 236 g/mol. The Morgan fingerprint density at radius 2 is 1.72 bits per heavy atom. The third-order valence-corrected chi connectivity index (χ3v) is 2.55. The van der Waals surface area contributed by atoms with E-state index in [9.17, 15) is 8.78 Å². The molecule has 0 aliphatic heterocycles. The lowest BCUT2D eigenvalue weighted by molar-refractivity contribution is 0.416. The van der Waals surface area contributed by atoms with E-state index in [1.54, 1.807) is 24.3 Å². The lowest BCUT2D eigenvalue weighted by Crippen LogP contribution is -2.04. The van der Waals surface area contributed by atoms with Gasteiger partial charge >= 0.3 is 0 Å². The van der Waals surface area contributed by atoms with Crippen molar-refractivity contribution in [3.8, 4) is 11.5 Å². The minimum absolute atomic E-state index is 0.0787. The van der Waals surface area contributed by atoms with Crippen molar-refractivity contribution in [2.24, 2.45) is 5.73 Å². The topological polar surface area (TPSA) is 35.2 Å². The zero-order chi connectivity index (χ0) is 13.1. The summed E-state index contributed by atoms with van der Waals surface area (Å²) in [4.78, 5) is 0. The van der Waals surface area contributed by atoms with Gasteiger partial charge in [0.1, 0.15) is 5.75 Å². The Labute approximate surface area is 104 Å². The molecule has 0 aromatic heterocycles. The molecule has 2 aromatic rings. The van der Waals surface area contributed by atoms with Gasteiger partial charge in [-0.3, -0.25) is 0 Å². The Bertz CT molecular complexity index is 538. The third kappa shape index (κ3) is 2.65. The summed E-state index contributed by atoms with van der Waals surface area (Å²) in [7, 11) is 0. The van der Waals surface area contributed by atoms with Gasteiger partial charge in [0, 0.05) is 6.04 Å². The summed E-state index contributed by atoms with van der Waals surface area (Å²) in [6.07, 6.45) is 0. The smallest absolute Gasteiger partial charge is 0.201 e. The average Bonchev–Trinajstić information content (AvgIpc) is 2.36. The van der Waals surface area contributed by atoms with Crippen molar-refractivity contribution in [3.63, 3.8) is 0 Å². The van der Waals surface area contributed by atoms with Crippen molar-refractivity contribution >= 4 is 0 Å². The highest BCUT2D eigenvalue weighted by molar-refractivity contribution is 5.34. The van der Waals surface area contributed by atoms with Gasteiger partial charge in [-0.15, -0.1) is 0 Å². The van der Waals surface area contributed by atoms with E-state index in [0.717, 1.165) is 11.6 Å². The summed E-state index contributed by atoms with van der Waals surface area (Å²) >= 11 is 0. The van der Waals surface area contributed by atoms with Crippen LogP contribution >= 0.6 is 0 Å². The predicted octanol–water partition coefficient (Wildman–Crippen LogP) is 3.78. The van der Waals surface area contributed by atoms with E-state index in [-0.39, 0.29) is 11.8 Å². The van der Waals surface area contributed by atoms with Gasteiger partial charge in [0.05, 0.1) is 0 Å². The molecule has 94 valence electrons. The fourth-order valence-electron chi connectivity index (χ4n) is 1.53. The Kier molecular flexibility index (Phi) is 3.58. The summed E-state index contributed by atoms with van der Waals surface area (Å²) in [5.41, 5.74) is 6.66. The van der Waals surface area contributed by atoms with E-state index >= 15 is 0 Å². The lowest BCUT2D eigenvalue weighted by atomic mass is 10.1. The van der Waals surface area contributed by atoms with Crippen molar-refractivity contribution in [2.75, 3.05) is 0 Å². The highest BCUT2D eigenvalue weighted by Gasteiger charge is 2.09. The summed E-state index contributed by atoms with van der Waals surface area (Å²) in [6, 6.07) is 10.6. The van der Waals surface area contributed by atoms with Gasteiger partial charge in [-0.25, -0.2) is 4.39 Å². The molecule has 2 rings (SSSR count). The highest BCUT2D eigenvalue weighted by Crippen LogP contribution is 2.26. The SMILES string of the molecule is C[C@H](N)c1ccc(Oc2cccc(F)c2F)cc1. The van der Waals surface area contributed by atoms with Crippen molar-refractivity contribution < 1.29 is 13.5 Å². The number of benzene rings is 2. The molecule has 0 saturated heterocycles. The zero-order valence-electron chi connectivity index (χ0n) is 9.86. The summed E-state index contributed by atoms with van der Waals surface area (Å²) in [5.74, 6) is -1.62. The second kappa shape index (κ2) is 5.14. The van der Waals surface area contributed by atoms with Crippen LogP contribution < -0.4 is 10.5 Å². The molecule has 0 fully saturated rings. The van der Waals surface area contributed by atoms with Crippen LogP contribution in [0.3, 0.4) is 0 Å². The molecule has 1 atom stereocenters. The second-order valence-corrected chi connectivity index (χ2v) is 4.01. The van der Waals surface area contributed by atoms with E-state index in [1.807, 2.05) is 6.92 Å². The molecule has 0 spiro atoms. The molecule has 0 saturated carbocycles. The van der Waals surface area contributed by atoms with Crippen LogP contribution in [-0.4, -0.2) is 0 Å². The maximum Gasteiger partial charge on any atom is 0.201 e. The van der Waals surface area contributed by atoms with Crippen molar-refractivity contribution in [1.82, 2.24) is 0 Å². The first kappa shape index (κ1) is 12.5. The molecule has 0 unspecified atom stereocenters. The van der Waals surface area contributed by atoms with Crippen LogP contribution in [0.4, 0.5) is 8.78 Å². The molecule has 0 amide bonds. The number of ether oxygens (including phenoxy) is 1. The van der Waals surface area contributed by atoms with E-state index in [1.165, 1.54) is 12.1 Å². The Morgan fingerprint density at radius 1 is 1.06 bits per heavy atom. The molecule has 18 heavy (non-hydrogen) atoms. The van der Waals surface area contributed by atoms with Crippen molar-refractivity contribution in [3.05, 3.63) is 59.7 Å². The van der Waals surface area contributed by atoms with Crippen LogP contribution in [0.25, 0.3) is 0 Å². The molecule has 2 N–H and O–H groups in total. The number of hydrogen-bond acceptors (Lipinski definition) is 2. The number of halogens is 2. The van der Waals surface area contributed by atoms with E-state index in [2.05, 4.69) is 0 Å². The Balaban J connectivity index is 2.21. The number of rotatable bonds is 3. The molecule has 0 radical (unpaired) electrons. The second-order valence-electron chi connectivity index (χ2n) is 4.01. The molecule has 0 aliphatic carbocycles. The Morgan fingerprint density at radius 3 is 2.33 bits per heavy atom. The van der Waals surface area contributed by atoms with Gasteiger partial charge in [-0.1, -0.05) is 18.2 Å². The largest absolute Gasteiger partial charge is 0.454 e. The molecule has 4 heteroatoms. The minimum Gasteiger partial charge on any atom is -0.454 e. The normalized spacial score (nSPS) is 12.2. The first-order chi connectivity index (χ1) is 8.58. The van der Waals surface area contributed by atoms with Gasteiger partial charge in [0.2, 0.25) is 5.82 Å². The van der Waals surface area contributed by atoms with Crippen LogP contribution in [-0.2, 0) is 0 Å². The van der Waals surface area contributed by atoms with Gasteiger partial charge in [-0.2, -0.15) is 4.39 Å². The molecule has 2 nitrogen and oxygen atoms in total. The summed E-state index contributed by atoms with van der Waals surface area (Å²) in [5, 5.41) is 0. The van der Waals surface area contributed by atoms with Crippen LogP contribution in [0.1, 0.15) is 18.5 Å². The molecule has 0 heterocycles. The first-order valence-electron chi connectivity index (χ1n) is 5.55. The number of nitrogens with two attached hydrogens (primary N) is 1. The lowest BCUT2D eigenvalue weighted by Gasteiger charge is -2.09. The van der Waals surface area contributed by atoms with Crippen molar-refractivity contribution in [2.45, 2.75) is 13.0 Å². The maximum absolute atomic E-state index is 13.4. The first-order valence-corrected chi connectivity index (χ1v) is 5.55. The summed E-state index contributed by atoms with van der Waals surface area (Å²) in [6.45, 7) is 1.86. The zero-order valence-corrected chi connectivity index (χ0v) is 9.86. The van der Waals surface area contributed by atoms with E-state index in [0.29, 0.717) is 5.75 Å². The molecule has 0 aliphatic rings. The summed E-state index contributed by atoms with van der Waals surface area (Å²) < 4.78 is 31.6. The van der Waals surface area contributed by atoms with Crippen LogP contribution in [0.15, 0.2) is 42.5 Å². The fraction of sp³-hybridized carbons (Fsp3) is 0.143. The van der Waals surface area contributed by atoms with E-state index in [4.69, 9.17) is 10.5 Å². The third-order valence-electron chi connectivity index (χ3n) is 2.55. The quantitative estimate of drug-likeness (QED) is 0.898. The van der Waals surface area contributed by atoms with Gasteiger partial charge in [-0.05, 0) is 36.8 Å². The fourth-order valence-corrected chi connectivity index (χ4v) is 1.53. The monoisotopic (exact) mass is 249 g/mol. The van der Waals surface area contributed by atoms with Gasteiger partial charge < -0.3 is 10.5 Å². The standard InChI is InChI=1S/C14H13F2NO/c1-9(17)10-5-7-11(8-6-10)18-13-4-2-3-12(15)14(13)16/h2-9H,17H2,1H3/t9-/m0/s1.